The van der Waals surface area contributed by atoms with Crippen molar-refractivity contribution in [1.82, 2.24) is 15.2 Å². The summed E-state index contributed by atoms with van der Waals surface area (Å²) in [6.45, 7) is 0. The van der Waals surface area contributed by atoms with Crippen LogP contribution in [0.3, 0.4) is 0 Å². The number of nitrogens with zero attached hydrogens (tertiary/aromatic N) is 3. The molecule has 0 saturated heterocycles. The van der Waals surface area contributed by atoms with E-state index in [4.69, 9.17) is 27.9 Å². The monoisotopic (exact) mass is 319 g/mol. The quantitative estimate of drug-likeness (QED) is 0.733. The Bertz CT molecular complexity index is 788. The maximum Gasteiger partial charge on any atom is 0.119 e. The van der Waals surface area contributed by atoms with E-state index in [1.165, 1.54) is 0 Å². The van der Waals surface area contributed by atoms with Gasteiger partial charge in [0.25, 0.3) is 0 Å². The lowest BCUT2D eigenvalue weighted by molar-refractivity contribution is 0.415. The zero-order valence-corrected chi connectivity index (χ0v) is 12.7. The molecule has 0 aliphatic heterocycles. The largest absolute Gasteiger partial charge is 0.497 e. The van der Waals surface area contributed by atoms with E-state index >= 15 is 0 Å². The van der Waals surface area contributed by atoms with E-state index in [1.807, 2.05) is 18.2 Å². The minimum absolute atomic E-state index is 0.484. The number of hydrogen-bond donors (Lipinski definition) is 0. The van der Waals surface area contributed by atoms with Crippen LogP contribution in [0.25, 0.3) is 10.8 Å². The van der Waals surface area contributed by atoms with Gasteiger partial charge in [0.1, 0.15) is 5.75 Å². The molecule has 0 N–H and O–H groups in total. The molecular formula is C15H11Cl2N3O. The number of fused-ring (bicyclic) bond motifs is 1. The molecule has 2 heterocycles. The first kappa shape index (κ1) is 14.0. The van der Waals surface area contributed by atoms with Crippen molar-refractivity contribution in [3.8, 4) is 5.75 Å². The molecule has 0 saturated carbocycles. The fraction of sp³-hybridized carbons (Fsp3) is 0.133. The maximum atomic E-state index is 6.17. The molecule has 21 heavy (non-hydrogen) atoms. The summed E-state index contributed by atoms with van der Waals surface area (Å²) in [7, 11) is 1.63. The molecule has 106 valence electrons. The molecule has 0 aliphatic carbocycles. The second-order valence-corrected chi connectivity index (χ2v) is 5.32. The van der Waals surface area contributed by atoms with Gasteiger partial charge in [-0.1, -0.05) is 23.2 Å². The van der Waals surface area contributed by atoms with Gasteiger partial charge in [-0.3, -0.25) is 4.98 Å². The van der Waals surface area contributed by atoms with Crippen LogP contribution >= 0.6 is 23.2 Å². The number of rotatable bonds is 3. The van der Waals surface area contributed by atoms with Crippen molar-refractivity contribution in [2.75, 3.05) is 7.11 Å². The topological polar surface area (TPSA) is 47.9 Å². The van der Waals surface area contributed by atoms with Crippen molar-refractivity contribution in [1.29, 1.82) is 0 Å². The SMILES string of the molecule is COc1ccc2cnnc(Cc3c(Cl)cncc3Cl)c2c1. The highest BCUT2D eigenvalue weighted by Gasteiger charge is 2.11. The van der Waals surface area contributed by atoms with Gasteiger partial charge in [0.2, 0.25) is 0 Å². The first-order chi connectivity index (χ1) is 10.2. The second kappa shape index (κ2) is 5.84. The van der Waals surface area contributed by atoms with Gasteiger partial charge in [0.15, 0.2) is 0 Å². The van der Waals surface area contributed by atoms with E-state index in [2.05, 4.69) is 15.2 Å². The average Bonchev–Trinajstić information content (AvgIpc) is 2.50. The number of ether oxygens (including phenoxy) is 1. The van der Waals surface area contributed by atoms with Crippen LogP contribution in [-0.2, 0) is 6.42 Å². The lowest BCUT2D eigenvalue weighted by atomic mass is 10.1. The molecule has 0 fully saturated rings. The third-order valence-electron chi connectivity index (χ3n) is 3.24. The summed E-state index contributed by atoms with van der Waals surface area (Å²) >= 11 is 12.3. The Morgan fingerprint density at radius 3 is 2.57 bits per heavy atom. The van der Waals surface area contributed by atoms with Crippen LogP contribution in [-0.4, -0.2) is 22.3 Å². The third-order valence-corrected chi connectivity index (χ3v) is 3.89. The highest BCUT2D eigenvalue weighted by atomic mass is 35.5. The Kier molecular flexibility index (Phi) is 3.90. The molecule has 2 aromatic heterocycles. The molecule has 4 nitrogen and oxygen atoms in total. The average molecular weight is 320 g/mol. The van der Waals surface area contributed by atoms with Crippen LogP contribution in [0.5, 0.6) is 5.75 Å². The van der Waals surface area contributed by atoms with Gasteiger partial charge in [-0.25, -0.2) is 0 Å². The number of hydrogen-bond acceptors (Lipinski definition) is 4. The Morgan fingerprint density at radius 1 is 1.10 bits per heavy atom. The first-order valence-electron chi connectivity index (χ1n) is 6.25. The molecule has 0 amide bonds. The van der Waals surface area contributed by atoms with E-state index in [9.17, 15) is 0 Å². The van der Waals surface area contributed by atoms with E-state index in [0.717, 1.165) is 27.8 Å². The van der Waals surface area contributed by atoms with Gasteiger partial charge >= 0.3 is 0 Å². The smallest absolute Gasteiger partial charge is 0.119 e. The predicted octanol–water partition coefficient (Wildman–Crippen LogP) is 3.93. The summed E-state index contributed by atoms with van der Waals surface area (Å²) in [6, 6.07) is 5.77. The van der Waals surface area contributed by atoms with Crippen molar-refractivity contribution in [2.45, 2.75) is 6.42 Å². The molecule has 6 heteroatoms. The van der Waals surface area contributed by atoms with E-state index in [-0.39, 0.29) is 0 Å². The van der Waals surface area contributed by atoms with Crippen LogP contribution in [0.2, 0.25) is 10.0 Å². The Balaban J connectivity index is 2.12. The minimum atomic E-state index is 0.484. The number of pyridine rings is 1. The summed E-state index contributed by atoms with van der Waals surface area (Å²) < 4.78 is 5.26. The Labute approximate surface area is 131 Å². The number of benzene rings is 1. The van der Waals surface area contributed by atoms with E-state index < -0.39 is 0 Å². The summed E-state index contributed by atoms with van der Waals surface area (Å²) in [4.78, 5) is 3.96. The highest BCUT2D eigenvalue weighted by molar-refractivity contribution is 6.35. The zero-order valence-electron chi connectivity index (χ0n) is 11.2. The Morgan fingerprint density at radius 2 is 1.86 bits per heavy atom. The van der Waals surface area contributed by atoms with Crippen molar-refractivity contribution >= 4 is 34.0 Å². The molecule has 0 atom stereocenters. The van der Waals surface area contributed by atoms with Gasteiger partial charge in [0, 0.05) is 29.6 Å². The zero-order chi connectivity index (χ0) is 14.8. The van der Waals surface area contributed by atoms with E-state index in [1.54, 1.807) is 25.7 Å². The third kappa shape index (κ3) is 2.77. The van der Waals surface area contributed by atoms with Crippen LogP contribution in [0.1, 0.15) is 11.3 Å². The molecule has 0 spiro atoms. The second-order valence-electron chi connectivity index (χ2n) is 4.50. The van der Waals surface area contributed by atoms with Crippen LogP contribution in [0.4, 0.5) is 0 Å². The lowest BCUT2D eigenvalue weighted by Crippen LogP contribution is -1.98. The molecule has 3 aromatic rings. The fourth-order valence-corrected chi connectivity index (χ4v) is 2.64. The Hall–Kier alpha value is -1.91. The van der Waals surface area contributed by atoms with Crippen molar-refractivity contribution in [3.05, 3.63) is 58.1 Å². The van der Waals surface area contributed by atoms with Crippen LogP contribution in [0, 0.1) is 0 Å². The summed E-state index contributed by atoms with van der Waals surface area (Å²) in [6.07, 6.45) is 5.34. The van der Waals surface area contributed by atoms with Crippen molar-refractivity contribution < 1.29 is 4.74 Å². The number of methoxy groups -OCH3 is 1. The van der Waals surface area contributed by atoms with Gasteiger partial charge < -0.3 is 4.74 Å². The van der Waals surface area contributed by atoms with Crippen LogP contribution in [0.15, 0.2) is 36.8 Å². The van der Waals surface area contributed by atoms with Gasteiger partial charge in [-0.15, -0.1) is 0 Å². The molecule has 0 bridgehead atoms. The molecule has 0 radical (unpaired) electrons. The summed E-state index contributed by atoms with van der Waals surface area (Å²) in [5.74, 6) is 0.767. The van der Waals surface area contributed by atoms with Crippen molar-refractivity contribution in [2.24, 2.45) is 0 Å². The normalized spacial score (nSPS) is 10.8. The van der Waals surface area contributed by atoms with Gasteiger partial charge in [-0.2, -0.15) is 10.2 Å². The van der Waals surface area contributed by atoms with Gasteiger partial charge in [0.05, 0.1) is 29.0 Å². The first-order valence-corrected chi connectivity index (χ1v) is 7.01. The van der Waals surface area contributed by atoms with E-state index in [0.29, 0.717) is 16.5 Å². The fourth-order valence-electron chi connectivity index (χ4n) is 2.14. The minimum Gasteiger partial charge on any atom is -0.497 e. The van der Waals surface area contributed by atoms with Crippen LogP contribution < -0.4 is 4.74 Å². The maximum absolute atomic E-state index is 6.17. The molecule has 1 aromatic carbocycles. The van der Waals surface area contributed by atoms with Crippen molar-refractivity contribution in [3.63, 3.8) is 0 Å². The number of halogens is 2. The summed E-state index contributed by atoms with van der Waals surface area (Å²) in [5, 5.41) is 11.2. The number of aromatic nitrogens is 3. The lowest BCUT2D eigenvalue weighted by Gasteiger charge is -2.09. The molecule has 3 rings (SSSR count). The predicted molar refractivity (Wildman–Crippen MR) is 83.2 cm³/mol. The highest BCUT2D eigenvalue weighted by Crippen LogP contribution is 2.28. The van der Waals surface area contributed by atoms with Gasteiger partial charge in [-0.05, 0) is 23.8 Å². The molecular weight excluding hydrogens is 309 g/mol. The molecule has 0 aliphatic rings. The summed E-state index contributed by atoms with van der Waals surface area (Å²) in [5.41, 5.74) is 1.58. The molecule has 0 unspecified atom stereocenters. The standard InChI is InChI=1S/C15H11Cl2N3O/c1-21-10-3-2-9-6-19-20-15(11(9)4-10)5-12-13(16)7-18-8-14(12)17/h2-4,6-8H,5H2,1H3.